The molecule has 2 aliphatic heterocycles. The van der Waals surface area contributed by atoms with Gasteiger partial charge in [-0.25, -0.2) is 24.1 Å². The van der Waals surface area contributed by atoms with E-state index < -0.39 is 23.3 Å². The highest BCUT2D eigenvalue weighted by Gasteiger charge is 2.41. The number of rotatable bonds is 2. The average molecular weight is 392 g/mol. The van der Waals surface area contributed by atoms with E-state index in [-0.39, 0.29) is 5.56 Å². The molecule has 5 nitrogen and oxygen atoms in total. The maximum Gasteiger partial charge on any atom is 0.256 e. The Bertz CT molecular complexity index is 910. The maximum atomic E-state index is 13.9. The summed E-state index contributed by atoms with van der Waals surface area (Å²) in [6.07, 6.45) is 0.928. The molecular weight excluding hydrogens is 376 g/mol. The number of halogens is 3. The van der Waals surface area contributed by atoms with Gasteiger partial charge in [-0.2, -0.15) is 0 Å². The predicted molar refractivity (Wildman–Crippen MR) is 96.4 cm³/mol. The van der Waals surface area contributed by atoms with Gasteiger partial charge in [-0.1, -0.05) is 11.6 Å². The van der Waals surface area contributed by atoms with Gasteiger partial charge < -0.3 is 4.90 Å². The number of likely N-dealkylation sites (tertiary alicyclic amines) is 1. The molecule has 140 valence electrons. The summed E-state index contributed by atoms with van der Waals surface area (Å²) in [5.74, 6) is -1.43. The molecule has 0 radical (unpaired) electrons. The highest BCUT2D eigenvalue weighted by molar-refractivity contribution is 6.30. The van der Waals surface area contributed by atoms with Crippen LogP contribution in [-0.4, -0.2) is 35.5 Å². The Morgan fingerprint density at radius 3 is 2.52 bits per heavy atom. The largest absolute Gasteiger partial charge is 0.338 e. The number of carbonyl (C=O) groups is 1. The zero-order valence-corrected chi connectivity index (χ0v) is 15.0. The Kier molecular flexibility index (Phi) is 4.57. The second-order valence-corrected chi connectivity index (χ2v) is 6.97. The van der Waals surface area contributed by atoms with Crippen LogP contribution in [0, 0.1) is 11.6 Å². The van der Waals surface area contributed by atoms with Crippen molar-refractivity contribution in [2.75, 3.05) is 13.1 Å². The van der Waals surface area contributed by atoms with Gasteiger partial charge in [0.05, 0.1) is 5.56 Å². The molecule has 8 heteroatoms. The summed E-state index contributed by atoms with van der Waals surface area (Å²) in [6.45, 7) is 0.712. The van der Waals surface area contributed by atoms with Crippen LogP contribution < -0.4 is 5.48 Å². The maximum absolute atomic E-state index is 13.9. The highest BCUT2D eigenvalue weighted by Crippen LogP contribution is 2.32. The van der Waals surface area contributed by atoms with Crippen molar-refractivity contribution in [3.63, 3.8) is 0 Å². The Balaban J connectivity index is 1.45. The van der Waals surface area contributed by atoms with Crippen molar-refractivity contribution in [1.29, 1.82) is 0 Å². The molecule has 1 fully saturated rings. The van der Waals surface area contributed by atoms with Crippen molar-refractivity contribution >= 4 is 23.3 Å². The summed E-state index contributed by atoms with van der Waals surface area (Å²) in [4.78, 5) is 24.4. The SMILES string of the molecule is O=C(c1ccc(F)cc1F)N1CCC2(CC1)N=C(c1ccc(Cl)cc1)NO2. The van der Waals surface area contributed by atoms with Crippen molar-refractivity contribution in [2.45, 2.75) is 18.6 Å². The summed E-state index contributed by atoms with van der Waals surface area (Å²) in [5, 5.41) is 0.632. The Morgan fingerprint density at radius 2 is 1.85 bits per heavy atom. The molecule has 1 amide bonds. The van der Waals surface area contributed by atoms with Crippen LogP contribution in [0.3, 0.4) is 0 Å². The molecule has 27 heavy (non-hydrogen) atoms. The molecule has 0 saturated carbocycles. The number of hydrogen-bond acceptors (Lipinski definition) is 4. The number of aliphatic imine (C=N–C) groups is 1. The van der Waals surface area contributed by atoms with Crippen LogP contribution in [-0.2, 0) is 4.84 Å². The first-order valence-corrected chi connectivity index (χ1v) is 8.88. The molecule has 0 aromatic heterocycles. The van der Waals surface area contributed by atoms with Crippen molar-refractivity contribution < 1.29 is 18.4 Å². The van der Waals surface area contributed by atoms with Gasteiger partial charge in [0, 0.05) is 42.6 Å². The van der Waals surface area contributed by atoms with E-state index in [0.29, 0.717) is 42.9 Å². The van der Waals surface area contributed by atoms with E-state index in [9.17, 15) is 13.6 Å². The first-order valence-electron chi connectivity index (χ1n) is 8.50. The Hall–Kier alpha value is -2.51. The van der Waals surface area contributed by atoms with Crippen LogP contribution in [0.2, 0.25) is 5.02 Å². The predicted octanol–water partition coefficient (Wildman–Crippen LogP) is 3.53. The molecule has 0 bridgehead atoms. The third-order valence-corrected chi connectivity index (χ3v) is 5.02. The van der Waals surface area contributed by atoms with Gasteiger partial charge in [0.25, 0.3) is 5.91 Å². The molecule has 4 rings (SSSR count). The van der Waals surface area contributed by atoms with Crippen molar-refractivity contribution in [3.05, 3.63) is 70.2 Å². The van der Waals surface area contributed by atoms with Crippen LogP contribution in [0.15, 0.2) is 47.5 Å². The van der Waals surface area contributed by atoms with Crippen LogP contribution in [0.4, 0.5) is 8.78 Å². The number of amidine groups is 1. The number of carbonyl (C=O) groups excluding carboxylic acids is 1. The number of piperidine rings is 1. The molecule has 1 N–H and O–H groups in total. The van der Waals surface area contributed by atoms with Crippen molar-refractivity contribution in [3.8, 4) is 0 Å². The minimum atomic E-state index is -0.859. The lowest BCUT2D eigenvalue weighted by Crippen LogP contribution is -2.46. The molecule has 2 aromatic rings. The zero-order chi connectivity index (χ0) is 19.0. The van der Waals surface area contributed by atoms with E-state index in [1.807, 2.05) is 12.1 Å². The summed E-state index contributed by atoms with van der Waals surface area (Å²) < 4.78 is 26.9. The molecule has 0 aliphatic carbocycles. The summed E-state index contributed by atoms with van der Waals surface area (Å²) in [5.41, 5.74) is 2.80. The monoisotopic (exact) mass is 391 g/mol. The van der Waals surface area contributed by atoms with E-state index in [0.717, 1.165) is 11.6 Å². The van der Waals surface area contributed by atoms with E-state index in [1.165, 1.54) is 11.0 Å². The molecule has 2 aromatic carbocycles. The van der Waals surface area contributed by atoms with Crippen LogP contribution in [0.1, 0.15) is 28.8 Å². The van der Waals surface area contributed by atoms with Gasteiger partial charge in [-0.05, 0) is 36.4 Å². The van der Waals surface area contributed by atoms with Crippen molar-refractivity contribution in [2.24, 2.45) is 4.99 Å². The van der Waals surface area contributed by atoms with Gasteiger partial charge in [0.2, 0.25) is 0 Å². The molecular formula is C19H16ClF2N3O2. The van der Waals surface area contributed by atoms with Crippen LogP contribution in [0.5, 0.6) is 0 Å². The molecule has 0 unspecified atom stereocenters. The fourth-order valence-electron chi connectivity index (χ4n) is 3.23. The standard InChI is InChI=1S/C19H16ClF2N3O2/c20-13-3-1-12(2-4-13)17-23-19(27-24-17)7-9-25(10-8-19)18(26)15-6-5-14(21)11-16(15)22/h1-6,11H,7-10H2,(H,23,24). The van der Waals surface area contributed by atoms with Crippen LogP contribution >= 0.6 is 11.6 Å². The number of nitrogens with one attached hydrogen (secondary N) is 1. The number of benzene rings is 2. The van der Waals surface area contributed by atoms with Gasteiger partial charge in [0.1, 0.15) is 11.6 Å². The van der Waals surface area contributed by atoms with E-state index in [2.05, 4.69) is 10.5 Å². The molecule has 2 aliphatic rings. The minimum Gasteiger partial charge on any atom is -0.338 e. The fourth-order valence-corrected chi connectivity index (χ4v) is 3.36. The summed E-state index contributed by atoms with van der Waals surface area (Å²) >= 11 is 5.90. The fraction of sp³-hybridized carbons (Fsp3) is 0.263. The van der Waals surface area contributed by atoms with E-state index in [4.69, 9.17) is 16.4 Å². The van der Waals surface area contributed by atoms with Gasteiger partial charge in [-0.3, -0.25) is 4.79 Å². The Morgan fingerprint density at radius 1 is 1.15 bits per heavy atom. The lowest BCUT2D eigenvalue weighted by atomic mass is 10.00. The molecule has 0 atom stereocenters. The van der Waals surface area contributed by atoms with E-state index >= 15 is 0 Å². The molecule has 1 saturated heterocycles. The normalized spacial score (nSPS) is 18.3. The molecule has 1 spiro atoms. The first-order chi connectivity index (χ1) is 13.0. The van der Waals surface area contributed by atoms with Gasteiger partial charge >= 0.3 is 0 Å². The van der Waals surface area contributed by atoms with Gasteiger partial charge in [-0.15, -0.1) is 0 Å². The second kappa shape index (κ2) is 6.90. The second-order valence-electron chi connectivity index (χ2n) is 6.53. The third kappa shape index (κ3) is 3.52. The topological polar surface area (TPSA) is 53.9 Å². The zero-order valence-electron chi connectivity index (χ0n) is 14.2. The number of amides is 1. The minimum absolute atomic E-state index is 0.136. The summed E-state index contributed by atoms with van der Waals surface area (Å²) in [6, 6.07) is 10.2. The first kappa shape index (κ1) is 17.9. The highest BCUT2D eigenvalue weighted by atomic mass is 35.5. The quantitative estimate of drug-likeness (QED) is 0.852. The molecule has 2 heterocycles. The van der Waals surface area contributed by atoms with Crippen LogP contribution in [0.25, 0.3) is 0 Å². The number of nitrogens with zero attached hydrogens (tertiary/aromatic N) is 2. The lowest BCUT2D eigenvalue weighted by Gasteiger charge is -2.35. The van der Waals surface area contributed by atoms with Gasteiger partial charge in [0.15, 0.2) is 11.6 Å². The van der Waals surface area contributed by atoms with E-state index in [1.54, 1.807) is 12.1 Å². The number of hydroxylamine groups is 1. The lowest BCUT2D eigenvalue weighted by molar-refractivity contribution is -0.0849. The number of hydrogen-bond donors (Lipinski definition) is 1. The third-order valence-electron chi connectivity index (χ3n) is 4.76. The van der Waals surface area contributed by atoms with Crippen molar-refractivity contribution in [1.82, 2.24) is 10.4 Å². The smallest absolute Gasteiger partial charge is 0.256 e. The summed E-state index contributed by atoms with van der Waals surface area (Å²) in [7, 11) is 0. The Labute approximate surface area is 159 Å². The average Bonchev–Trinajstić information content (AvgIpc) is 3.06.